The van der Waals surface area contributed by atoms with Crippen molar-refractivity contribution in [1.82, 2.24) is 10.2 Å². The largest absolute Gasteiger partial charge is 0.383 e. The summed E-state index contributed by atoms with van der Waals surface area (Å²) in [5.74, 6) is -0.167. The van der Waals surface area contributed by atoms with Gasteiger partial charge in [-0.15, -0.1) is 0 Å². The van der Waals surface area contributed by atoms with E-state index in [-0.39, 0.29) is 11.9 Å². The first kappa shape index (κ1) is 12.5. The molecule has 1 fully saturated rings. The van der Waals surface area contributed by atoms with Crippen molar-refractivity contribution in [3.05, 3.63) is 35.6 Å². The van der Waals surface area contributed by atoms with Crippen molar-refractivity contribution >= 4 is 0 Å². The molecule has 0 aliphatic carbocycles. The highest BCUT2D eigenvalue weighted by molar-refractivity contribution is 5.21. The summed E-state index contributed by atoms with van der Waals surface area (Å²) in [5.41, 5.74) is 1.04. The first-order chi connectivity index (χ1) is 8.31. The summed E-state index contributed by atoms with van der Waals surface area (Å²) in [4.78, 5) is 2.34. The van der Waals surface area contributed by atoms with Crippen LogP contribution in [0, 0.1) is 5.82 Å². The molecule has 1 heterocycles. The van der Waals surface area contributed by atoms with Crippen LogP contribution in [0.25, 0.3) is 0 Å². The molecule has 0 aromatic heterocycles. The first-order valence-corrected chi connectivity index (χ1v) is 6.00. The average molecular weight is 238 g/mol. The number of piperazine rings is 1. The molecule has 4 heteroatoms. The minimum absolute atomic E-state index is 0.167. The molecular formula is C13H19FN2O. The molecule has 1 aromatic rings. The van der Waals surface area contributed by atoms with Gasteiger partial charge in [0.05, 0.1) is 6.61 Å². The normalized spacial score (nSPS) is 21.6. The van der Waals surface area contributed by atoms with E-state index < -0.39 is 0 Å². The smallest absolute Gasteiger partial charge is 0.123 e. The van der Waals surface area contributed by atoms with E-state index in [9.17, 15) is 4.39 Å². The number of methoxy groups -OCH3 is 1. The lowest BCUT2D eigenvalue weighted by Gasteiger charge is -2.36. The Labute approximate surface area is 102 Å². The highest BCUT2D eigenvalue weighted by Crippen LogP contribution is 2.22. The van der Waals surface area contributed by atoms with Gasteiger partial charge in [0, 0.05) is 39.3 Å². The van der Waals surface area contributed by atoms with E-state index in [0.717, 1.165) is 31.7 Å². The lowest BCUT2D eigenvalue weighted by atomic mass is 10.0. The van der Waals surface area contributed by atoms with Crippen LogP contribution >= 0.6 is 0 Å². The van der Waals surface area contributed by atoms with Gasteiger partial charge in [0.25, 0.3) is 0 Å². The second kappa shape index (κ2) is 6.10. The Bertz CT molecular complexity index is 359. The number of ether oxygens (including phenoxy) is 1. The van der Waals surface area contributed by atoms with Crippen molar-refractivity contribution in [1.29, 1.82) is 0 Å². The third kappa shape index (κ3) is 3.25. The predicted molar refractivity (Wildman–Crippen MR) is 65.5 cm³/mol. The van der Waals surface area contributed by atoms with Gasteiger partial charge in [-0.25, -0.2) is 4.39 Å². The van der Waals surface area contributed by atoms with E-state index in [1.807, 2.05) is 6.07 Å². The van der Waals surface area contributed by atoms with E-state index >= 15 is 0 Å². The van der Waals surface area contributed by atoms with Crippen molar-refractivity contribution in [3.63, 3.8) is 0 Å². The Hall–Kier alpha value is -0.970. The Morgan fingerprint density at radius 1 is 1.53 bits per heavy atom. The number of rotatable bonds is 4. The summed E-state index contributed by atoms with van der Waals surface area (Å²) in [6, 6.07) is 7.11. The van der Waals surface area contributed by atoms with Crippen LogP contribution in [0.3, 0.4) is 0 Å². The quantitative estimate of drug-likeness (QED) is 0.858. The van der Waals surface area contributed by atoms with Crippen molar-refractivity contribution in [2.24, 2.45) is 0 Å². The second-order valence-corrected chi connectivity index (χ2v) is 4.30. The van der Waals surface area contributed by atoms with Crippen LogP contribution in [0.1, 0.15) is 11.6 Å². The molecule has 1 N–H and O–H groups in total. The Balaban J connectivity index is 2.10. The molecular weight excluding hydrogens is 219 g/mol. The molecule has 1 unspecified atom stereocenters. The van der Waals surface area contributed by atoms with Gasteiger partial charge in [-0.1, -0.05) is 12.1 Å². The molecule has 2 rings (SSSR count). The molecule has 0 radical (unpaired) electrons. The molecule has 1 atom stereocenters. The van der Waals surface area contributed by atoms with Gasteiger partial charge in [0.1, 0.15) is 5.82 Å². The summed E-state index contributed by atoms with van der Waals surface area (Å²) in [7, 11) is 1.71. The minimum Gasteiger partial charge on any atom is -0.383 e. The van der Waals surface area contributed by atoms with Gasteiger partial charge in [0.2, 0.25) is 0 Å². The van der Waals surface area contributed by atoms with E-state index in [1.54, 1.807) is 19.2 Å². The summed E-state index contributed by atoms with van der Waals surface area (Å²) < 4.78 is 18.4. The van der Waals surface area contributed by atoms with E-state index in [2.05, 4.69) is 10.2 Å². The molecule has 1 saturated heterocycles. The van der Waals surface area contributed by atoms with Gasteiger partial charge < -0.3 is 10.1 Å². The zero-order valence-corrected chi connectivity index (χ0v) is 10.2. The molecule has 17 heavy (non-hydrogen) atoms. The fourth-order valence-corrected chi connectivity index (χ4v) is 2.27. The van der Waals surface area contributed by atoms with Crippen molar-refractivity contribution in [2.45, 2.75) is 6.04 Å². The minimum atomic E-state index is -0.167. The molecule has 0 amide bonds. The van der Waals surface area contributed by atoms with Gasteiger partial charge >= 0.3 is 0 Å². The molecule has 0 saturated carbocycles. The van der Waals surface area contributed by atoms with Crippen LogP contribution in [0.15, 0.2) is 24.3 Å². The van der Waals surface area contributed by atoms with E-state index in [4.69, 9.17) is 4.74 Å². The number of halogens is 1. The Morgan fingerprint density at radius 2 is 2.41 bits per heavy atom. The SMILES string of the molecule is COCCN1CCNCC1c1cccc(F)c1. The van der Waals surface area contributed by atoms with Gasteiger partial charge in [-0.3, -0.25) is 4.90 Å². The highest BCUT2D eigenvalue weighted by atomic mass is 19.1. The van der Waals surface area contributed by atoms with Crippen LogP contribution in [0.4, 0.5) is 4.39 Å². The zero-order valence-electron chi connectivity index (χ0n) is 10.2. The second-order valence-electron chi connectivity index (χ2n) is 4.30. The molecule has 1 aliphatic rings. The third-order valence-electron chi connectivity index (χ3n) is 3.17. The lowest BCUT2D eigenvalue weighted by molar-refractivity contribution is 0.103. The van der Waals surface area contributed by atoms with Gasteiger partial charge in [-0.05, 0) is 17.7 Å². The molecule has 1 aliphatic heterocycles. The molecule has 0 bridgehead atoms. The Kier molecular flexibility index (Phi) is 4.48. The van der Waals surface area contributed by atoms with Crippen LogP contribution < -0.4 is 5.32 Å². The fourth-order valence-electron chi connectivity index (χ4n) is 2.27. The summed E-state index contributed by atoms with van der Waals surface area (Å²) in [6.45, 7) is 4.43. The predicted octanol–water partition coefficient (Wildman–Crippen LogP) is 1.42. The molecule has 0 spiro atoms. The summed E-state index contributed by atoms with van der Waals surface area (Å²) >= 11 is 0. The topological polar surface area (TPSA) is 24.5 Å². The molecule has 94 valence electrons. The monoisotopic (exact) mass is 238 g/mol. The first-order valence-electron chi connectivity index (χ1n) is 6.00. The van der Waals surface area contributed by atoms with E-state index in [0.29, 0.717) is 6.61 Å². The highest BCUT2D eigenvalue weighted by Gasteiger charge is 2.23. The van der Waals surface area contributed by atoms with Crippen molar-refractivity contribution in [2.75, 3.05) is 39.9 Å². The number of hydrogen-bond donors (Lipinski definition) is 1. The molecule has 1 aromatic carbocycles. The van der Waals surface area contributed by atoms with Crippen LogP contribution in [-0.4, -0.2) is 44.8 Å². The summed E-state index contributed by atoms with van der Waals surface area (Å²) in [5, 5.41) is 3.35. The van der Waals surface area contributed by atoms with Crippen molar-refractivity contribution in [3.8, 4) is 0 Å². The van der Waals surface area contributed by atoms with Crippen LogP contribution in [-0.2, 0) is 4.74 Å². The van der Waals surface area contributed by atoms with E-state index in [1.165, 1.54) is 6.07 Å². The maximum atomic E-state index is 13.2. The standard InChI is InChI=1S/C13H19FN2O/c1-17-8-7-16-6-5-15-10-13(16)11-3-2-4-12(14)9-11/h2-4,9,13,15H,5-8,10H2,1H3. The van der Waals surface area contributed by atoms with Crippen LogP contribution in [0.2, 0.25) is 0 Å². The third-order valence-corrected chi connectivity index (χ3v) is 3.17. The van der Waals surface area contributed by atoms with Crippen LogP contribution in [0.5, 0.6) is 0 Å². The number of benzene rings is 1. The zero-order chi connectivity index (χ0) is 12.1. The van der Waals surface area contributed by atoms with Gasteiger partial charge in [0.15, 0.2) is 0 Å². The number of nitrogens with zero attached hydrogens (tertiary/aromatic N) is 1. The Morgan fingerprint density at radius 3 is 3.18 bits per heavy atom. The lowest BCUT2D eigenvalue weighted by Crippen LogP contribution is -2.47. The van der Waals surface area contributed by atoms with Crippen molar-refractivity contribution < 1.29 is 9.13 Å². The molecule has 3 nitrogen and oxygen atoms in total. The number of nitrogens with one attached hydrogen (secondary N) is 1. The number of hydrogen-bond acceptors (Lipinski definition) is 3. The average Bonchev–Trinajstić information content (AvgIpc) is 2.37. The summed E-state index contributed by atoms with van der Waals surface area (Å²) in [6.07, 6.45) is 0. The maximum absolute atomic E-state index is 13.2. The van der Waals surface area contributed by atoms with Gasteiger partial charge in [-0.2, -0.15) is 0 Å². The maximum Gasteiger partial charge on any atom is 0.123 e. The fraction of sp³-hybridized carbons (Fsp3) is 0.538.